The molecule has 1 atom stereocenters. The normalized spacial score (nSPS) is 20.1. The number of ether oxygens (including phenoxy) is 1. The summed E-state index contributed by atoms with van der Waals surface area (Å²) >= 11 is 3.35. The van der Waals surface area contributed by atoms with Crippen molar-refractivity contribution in [1.82, 2.24) is 13.7 Å². The summed E-state index contributed by atoms with van der Waals surface area (Å²) in [5.41, 5.74) is 0.600. The van der Waals surface area contributed by atoms with Crippen LogP contribution in [0.4, 0.5) is 0 Å². The van der Waals surface area contributed by atoms with Crippen molar-refractivity contribution in [2.24, 2.45) is 0 Å². The van der Waals surface area contributed by atoms with Crippen molar-refractivity contribution < 1.29 is 13.2 Å². The molecule has 0 saturated carbocycles. The van der Waals surface area contributed by atoms with Crippen LogP contribution in [-0.2, 0) is 14.8 Å². The van der Waals surface area contributed by atoms with Crippen LogP contribution in [-0.4, -0.2) is 48.4 Å². The van der Waals surface area contributed by atoms with Gasteiger partial charge in [0.15, 0.2) is 5.03 Å². The minimum atomic E-state index is -3.59. The molecule has 1 unspecified atom stereocenters. The molecule has 8 heteroatoms. The Morgan fingerprint density at radius 2 is 2.25 bits per heavy atom. The number of fused-ring (bicyclic) bond motifs is 1. The quantitative estimate of drug-likeness (QED) is 0.832. The molecule has 3 heterocycles. The maximum Gasteiger partial charge on any atom is 0.262 e. The van der Waals surface area contributed by atoms with E-state index in [4.69, 9.17) is 4.74 Å². The Labute approximate surface area is 125 Å². The summed E-state index contributed by atoms with van der Waals surface area (Å²) in [4.78, 5) is 4.19. The highest BCUT2D eigenvalue weighted by molar-refractivity contribution is 9.10. The Morgan fingerprint density at radius 1 is 1.45 bits per heavy atom. The van der Waals surface area contributed by atoms with Crippen LogP contribution in [0.5, 0.6) is 0 Å². The molecule has 0 aliphatic carbocycles. The lowest BCUT2D eigenvalue weighted by molar-refractivity contribution is 0.181. The van der Waals surface area contributed by atoms with E-state index in [0.717, 1.165) is 4.47 Å². The van der Waals surface area contributed by atoms with Crippen LogP contribution in [0.15, 0.2) is 34.0 Å². The van der Waals surface area contributed by atoms with Gasteiger partial charge in [0.25, 0.3) is 10.0 Å². The van der Waals surface area contributed by atoms with Gasteiger partial charge in [0, 0.05) is 30.5 Å². The maximum absolute atomic E-state index is 12.6. The minimum absolute atomic E-state index is 0.0602. The van der Waals surface area contributed by atoms with Crippen molar-refractivity contribution in [2.75, 3.05) is 20.3 Å². The molecule has 1 aliphatic heterocycles. The Kier molecular flexibility index (Phi) is 3.57. The predicted octanol–water partition coefficient (Wildman–Crippen LogP) is 1.51. The highest BCUT2D eigenvalue weighted by atomic mass is 79.9. The van der Waals surface area contributed by atoms with Crippen molar-refractivity contribution in [1.29, 1.82) is 0 Å². The van der Waals surface area contributed by atoms with E-state index in [9.17, 15) is 8.42 Å². The second kappa shape index (κ2) is 5.10. The van der Waals surface area contributed by atoms with Gasteiger partial charge < -0.3 is 9.14 Å². The topological polar surface area (TPSA) is 63.9 Å². The van der Waals surface area contributed by atoms with Gasteiger partial charge in [0.2, 0.25) is 0 Å². The number of hydrogen-bond donors (Lipinski definition) is 0. The van der Waals surface area contributed by atoms with Crippen molar-refractivity contribution in [2.45, 2.75) is 17.5 Å². The minimum Gasteiger partial charge on any atom is -0.380 e. The predicted molar refractivity (Wildman–Crippen MR) is 77.1 cm³/mol. The highest BCUT2D eigenvalue weighted by Gasteiger charge is 2.32. The van der Waals surface area contributed by atoms with Crippen molar-refractivity contribution in [3.05, 3.63) is 29.0 Å². The summed E-state index contributed by atoms with van der Waals surface area (Å²) in [5.74, 6) is 0. The Hall–Kier alpha value is -0.960. The second-order valence-corrected chi connectivity index (χ2v) is 7.59. The number of nitrogens with zero attached hydrogens (tertiary/aromatic N) is 3. The molecule has 1 saturated heterocycles. The Bertz CT molecular complexity index is 737. The van der Waals surface area contributed by atoms with E-state index in [1.54, 1.807) is 23.7 Å². The van der Waals surface area contributed by atoms with Crippen molar-refractivity contribution in [3.63, 3.8) is 0 Å². The van der Waals surface area contributed by atoms with Gasteiger partial charge in [-0.1, -0.05) is 0 Å². The molecule has 2 aromatic rings. The first-order chi connectivity index (χ1) is 9.48. The fourth-order valence-corrected chi connectivity index (χ4v) is 3.88. The summed E-state index contributed by atoms with van der Waals surface area (Å²) in [5, 5.41) is 0.0602. The molecule has 0 aromatic carbocycles. The van der Waals surface area contributed by atoms with Crippen LogP contribution in [0.25, 0.3) is 5.65 Å². The Balaban J connectivity index is 1.99. The number of sulfonamides is 1. The third kappa shape index (κ3) is 2.37. The molecule has 0 amide bonds. The third-order valence-electron chi connectivity index (χ3n) is 3.46. The summed E-state index contributed by atoms with van der Waals surface area (Å²) < 4.78 is 34.3. The smallest absolute Gasteiger partial charge is 0.262 e. The lowest BCUT2D eigenvalue weighted by atomic mass is 10.3. The number of likely N-dealkylation sites (N-methyl/N-ethyl adjacent to an activating group) is 1. The number of hydrogen-bond acceptors (Lipinski definition) is 4. The summed E-state index contributed by atoms with van der Waals surface area (Å²) in [6.45, 7) is 1.04. The summed E-state index contributed by atoms with van der Waals surface area (Å²) in [6.07, 6.45) is 4.02. The Morgan fingerprint density at radius 3 is 2.95 bits per heavy atom. The third-order valence-corrected chi connectivity index (χ3v) is 5.71. The van der Waals surface area contributed by atoms with Crippen LogP contribution in [0, 0.1) is 0 Å². The number of pyridine rings is 1. The van der Waals surface area contributed by atoms with E-state index in [1.807, 2.05) is 6.07 Å². The first-order valence-corrected chi connectivity index (χ1v) is 8.42. The van der Waals surface area contributed by atoms with Gasteiger partial charge in [-0.15, -0.1) is 0 Å². The molecule has 0 N–H and O–H groups in total. The molecule has 1 aliphatic rings. The van der Waals surface area contributed by atoms with Gasteiger partial charge >= 0.3 is 0 Å². The van der Waals surface area contributed by atoms with E-state index in [0.29, 0.717) is 25.3 Å². The molecule has 3 rings (SSSR count). The summed E-state index contributed by atoms with van der Waals surface area (Å²) in [6, 6.07) is 3.48. The van der Waals surface area contributed by atoms with Crippen LogP contribution >= 0.6 is 15.9 Å². The first-order valence-electron chi connectivity index (χ1n) is 6.18. The standard InChI is InChI=1S/C12H14BrN3O3S/c1-15(10-4-5-19-8-10)20(17,18)12-7-16-6-9(13)2-3-11(16)14-12/h2-3,6-7,10H,4-5,8H2,1H3. The average Bonchev–Trinajstić information content (AvgIpc) is 3.06. The van der Waals surface area contributed by atoms with Crippen LogP contribution in [0.3, 0.4) is 0 Å². The zero-order valence-electron chi connectivity index (χ0n) is 10.9. The molecule has 2 aromatic heterocycles. The first kappa shape index (κ1) is 14.0. The van der Waals surface area contributed by atoms with Crippen molar-refractivity contribution in [3.8, 4) is 0 Å². The molecule has 108 valence electrons. The lowest BCUT2D eigenvalue weighted by Gasteiger charge is -2.21. The number of aromatic nitrogens is 2. The van der Waals surface area contributed by atoms with Crippen LogP contribution in [0.2, 0.25) is 0 Å². The molecule has 1 fully saturated rings. The lowest BCUT2D eigenvalue weighted by Crippen LogP contribution is -2.37. The molecule has 0 bridgehead atoms. The molecular weight excluding hydrogens is 346 g/mol. The molecule has 0 radical (unpaired) electrons. The van der Waals surface area contributed by atoms with Gasteiger partial charge in [0.05, 0.1) is 12.6 Å². The van der Waals surface area contributed by atoms with Crippen LogP contribution < -0.4 is 0 Å². The monoisotopic (exact) mass is 359 g/mol. The molecule has 6 nitrogen and oxygen atoms in total. The zero-order valence-corrected chi connectivity index (χ0v) is 13.3. The van der Waals surface area contributed by atoms with Gasteiger partial charge in [-0.2, -0.15) is 4.31 Å². The fraction of sp³-hybridized carbons (Fsp3) is 0.417. The SMILES string of the molecule is CN(C1CCOC1)S(=O)(=O)c1cn2cc(Br)ccc2n1. The number of rotatable bonds is 3. The fourth-order valence-electron chi connectivity index (χ4n) is 2.22. The van der Waals surface area contributed by atoms with E-state index < -0.39 is 10.0 Å². The average molecular weight is 360 g/mol. The molecule has 0 spiro atoms. The van der Waals surface area contributed by atoms with E-state index in [-0.39, 0.29) is 11.1 Å². The van der Waals surface area contributed by atoms with E-state index >= 15 is 0 Å². The maximum atomic E-state index is 12.6. The number of halogens is 1. The van der Waals surface area contributed by atoms with Crippen molar-refractivity contribution >= 4 is 31.6 Å². The van der Waals surface area contributed by atoms with Gasteiger partial charge in [-0.3, -0.25) is 0 Å². The largest absolute Gasteiger partial charge is 0.380 e. The second-order valence-electron chi connectivity index (χ2n) is 4.73. The molecular formula is C12H14BrN3O3S. The number of imidazole rings is 1. The highest BCUT2D eigenvalue weighted by Crippen LogP contribution is 2.21. The van der Waals surface area contributed by atoms with Crippen LogP contribution in [0.1, 0.15) is 6.42 Å². The van der Waals surface area contributed by atoms with Gasteiger partial charge in [-0.25, -0.2) is 13.4 Å². The van der Waals surface area contributed by atoms with Gasteiger partial charge in [-0.05, 0) is 34.5 Å². The molecule has 20 heavy (non-hydrogen) atoms. The zero-order chi connectivity index (χ0) is 14.3. The van der Waals surface area contributed by atoms with Gasteiger partial charge in [0.1, 0.15) is 5.65 Å². The van der Waals surface area contributed by atoms with E-state index in [1.165, 1.54) is 10.5 Å². The summed E-state index contributed by atoms with van der Waals surface area (Å²) in [7, 11) is -2.01. The van der Waals surface area contributed by atoms with E-state index in [2.05, 4.69) is 20.9 Å².